The van der Waals surface area contributed by atoms with Gasteiger partial charge in [-0.15, -0.1) is 0 Å². The van der Waals surface area contributed by atoms with Crippen LogP contribution in [0, 0.1) is 0 Å². The van der Waals surface area contributed by atoms with E-state index in [9.17, 15) is 9.90 Å². The molecule has 1 N–H and O–H groups in total. The molecule has 1 aliphatic rings. The predicted molar refractivity (Wildman–Crippen MR) is 85.8 cm³/mol. The highest BCUT2D eigenvalue weighted by Crippen LogP contribution is 2.28. The number of carbonyl (C=O) groups is 1. The Morgan fingerprint density at radius 3 is 2.87 bits per heavy atom. The average Bonchev–Trinajstić information content (AvgIpc) is 3.26. The van der Waals surface area contributed by atoms with Crippen molar-refractivity contribution in [2.45, 2.75) is 38.3 Å². The normalized spacial score (nSPS) is 15.0. The van der Waals surface area contributed by atoms with E-state index >= 15 is 0 Å². The largest absolute Gasteiger partial charge is 0.395 e. The fraction of sp³-hybridized carbons (Fsp3) is 0.471. The molecule has 23 heavy (non-hydrogen) atoms. The Labute approximate surface area is 135 Å². The lowest BCUT2D eigenvalue weighted by Crippen LogP contribution is -2.33. The van der Waals surface area contributed by atoms with Gasteiger partial charge in [-0.3, -0.25) is 14.5 Å². The van der Waals surface area contributed by atoms with Gasteiger partial charge in [-0.05, 0) is 30.5 Å². The number of aliphatic hydroxyl groups excluding tert-OH is 1. The van der Waals surface area contributed by atoms with E-state index in [1.165, 1.54) is 12.8 Å². The molecule has 6 heteroatoms. The minimum Gasteiger partial charge on any atom is -0.395 e. The number of hydrogen-bond acceptors (Lipinski definition) is 4. The molecule has 1 aliphatic carbocycles. The summed E-state index contributed by atoms with van der Waals surface area (Å²) in [5.74, 6) is -0.153. The number of hydrogen-bond donors (Lipinski definition) is 1. The summed E-state index contributed by atoms with van der Waals surface area (Å²) in [6, 6.07) is 5.95. The minimum absolute atomic E-state index is 0.0741. The van der Waals surface area contributed by atoms with E-state index in [0.29, 0.717) is 18.3 Å². The summed E-state index contributed by atoms with van der Waals surface area (Å²) in [6.07, 6.45) is 10.0. The van der Waals surface area contributed by atoms with Crippen LogP contribution in [0.1, 0.15) is 47.8 Å². The zero-order valence-electron chi connectivity index (χ0n) is 13.1. The van der Waals surface area contributed by atoms with Crippen LogP contribution in [0.2, 0.25) is 0 Å². The summed E-state index contributed by atoms with van der Waals surface area (Å²) >= 11 is 0. The highest BCUT2D eigenvalue weighted by molar-refractivity contribution is 5.92. The SMILES string of the molecule is O=C(c1ccn(C2CCCC2)n1)N(CCO)Cc1cccnc1. The van der Waals surface area contributed by atoms with Crippen LogP contribution in [0.5, 0.6) is 0 Å². The van der Waals surface area contributed by atoms with Crippen molar-refractivity contribution in [1.82, 2.24) is 19.7 Å². The molecule has 1 fully saturated rings. The molecule has 0 atom stereocenters. The van der Waals surface area contributed by atoms with Crippen molar-refractivity contribution in [2.24, 2.45) is 0 Å². The number of nitrogens with zero attached hydrogens (tertiary/aromatic N) is 4. The van der Waals surface area contributed by atoms with Gasteiger partial charge in [0.25, 0.3) is 5.91 Å². The highest BCUT2D eigenvalue weighted by atomic mass is 16.3. The molecule has 1 saturated carbocycles. The van der Waals surface area contributed by atoms with Crippen molar-refractivity contribution in [3.05, 3.63) is 48.0 Å². The van der Waals surface area contributed by atoms with Crippen LogP contribution in [0.4, 0.5) is 0 Å². The second-order valence-electron chi connectivity index (χ2n) is 5.93. The summed E-state index contributed by atoms with van der Waals surface area (Å²) in [5.41, 5.74) is 1.37. The van der Waals surface area contributed by atoms with Gasteiger partial charge in [-0.25, -0.2) is 0 Å². The molecule has 2 aromatic heterocycles. The first kappa shape index (κ1) is 15.7. The average molecular weight is 314 g/mol. The third kappa shape index (κ3) is 3.76. The molecule has 0 unspecified atom stereocenters. The monoisotopic (exact) mass is 314 g/mol. The molecular formula is C17H22N4O2. The fourth-order valence-corrected chi connectivity index (χ4v) is 3.07. The first-order valence-electron chi connectivity index (χ1n) is 8.12. The standard InChI is InChI=1S/C17H22N4O2/c22-11-10-20(13-14-4-3-8-18-12-14)17(23)16-7-9-21(19-16)15-5-1-2-6-15/h3-4,7-9,12,15,22H,1-2,5-6,10-11,13H2. The maximum absolute atomic E-state index is 12.7. The van der Waals surface area contributed by atoms with Crippen molar-refractivity contribution in [2.75, 3.05) is 13.2 Å². The van der Waals surface area contributed by atoms with E-state index in [2.05, 4.69) is 10.1 Å². The van der Waals surface area contributed by atoms with E-state index in [4.69, 9.17) is 0 Å². The molecule has 2 heterocycles. The van der Waals surface area contributed by atoms with E-state index in [1.807, 2.05) is 23.0 Å². The van der Waals surface area contributed by atoms with Crippen molar-refractivity contribution in [3.8, 4) is 0 Å². The molecule has 0 aromatic carbocycles. The second kappa shape index (κ2) is 7.37. The van der Waals surface area contributed by atoms with Crippen LogP contribution in [0.15, 0.2) is 36.8 Å². The lowest BCUT2D eigenvalue weighted by Gasteiger charge is -2.20. The van der Waals surface area contributed by atoms with Crippen LogP contribution in [0.25, 0.3) is 0 Å². The van der Waals surface area contributed by atoms with Gasteiger partial charge in [-0.1, -0.05) is 18.9 Å². The molecule has 0 saturated heterocycles. The Bertz CT molecular complexity index is 635. The van der Waals surface area contributed by atoms with E-state index in [1.54, 1.807) is 23.4 Å². The van der Waals surface area contributed by atoms with Crippen molar-refractivity contribution in [1.29, 1.82) is 0 Å². The van der Waals surface area contributed by atoms with E-state index < -0.39 is 0 Å². The topological polar surface area (TPSA) is 71.2 Å². The molecule has 6 nitrogen and oxygen atoms in total. The van der Waals surface area contributed by atoms with Gasteiger partial charge >= 0.3 is 0 Å². The Morgan fingerprint density at radius 2 is 2.17 bits per heavy atom. The quantitative estimate of drug-likeness (QED) is 0.885. The third-order valence-electron chi connectivity index (χ3n) is 4.28. The van der Waals surface area contributed by atoms with Crippen LogP contribution in [-0.2, 0) is 6.54 Å². The van der Waals surface area contributed by atoms with Crippen molar-refractivity contribution in [3.63, 3.8) is 0 Å². The summed E-state index contributed by atoms with van der Waals surface area (Å²) in [5, 5.41) is 13.7. The number of carbonyl (C=O) groups excluding carboxylic acids is 1. The van der Waals surface area contributed by atoms with Crippen LogP contribution in [0.3, 0.4) is 0 Å². The van der Waals surface area contributed by atoms with Gasteiger partial charge < -0.3 is 10.0 Å². The summed E-state index contributed by atoms with van der Waals surface area (Å²) < 4.78 is 1.92. The molecule has 3 rings (SSSR count). The van der Waals surface area contributed by atoms with Gasteiger partial charge in [0.05, 0.1) is 12.6 Å². The number of rotatable bonds is 6. The maximum atomic E-state index is 12.7. The Hall–Kier alpha value is -2.21. The zero-order chi connectivity index (χ0) is 16.1. The maximum Gasteiger partial charge on any atom is 0.274 e. The summed E-state index contributed by atoms with van der Waals surface area (Å²) in [6.45, 7) is 0.628. The molecule has 1 amide bonds. The lowest BCUT2D eigenvalue weighted by molar-refractivity contribution is 0.0700. The summed E-state index contributed by atoms with van der Waals surface area (Å²) in [7, 11) is 0. The Morgan fingerprint density at radius 1 is 1.35 bits per heavy atom. The number of pyridine rings is 1. The van der Waals surface area contributed by atoms with Crippen molar-refractivity contribution < 1.29 is 9.90 Å². The smallest absolute Gasteiger partial charge is 0.274 e. The van der Waals surface area contributed by atoms with Crippen LogP contribution < -0.4 is 0 Å². The van der Waals surface area contributed by atoms with Crippen LogP contribution >= 0.6 is 0 Å². The van der Waals surface area contributed by atoms with Gasteiger partial charge in [0.1, 0.15) is 5.69 Å². The highest BCUT2D eigenvalue weighted by Gasteiger charge is 2.22. The fourth-order valence-electron chi connectivity index (χ4n) is 3.07. The number of aromatic nitrogens is 3. The van der Waals surface area contributed by atoms with Gasteiger partial charge in [0.2, 0.25) is 0 Å². The van der Waals surface area contributed by atoms with Gasteiger partial charge in [-0.2, -0.15) is 5.10 Å². The van der Waals surface area contributed by atoms with Crippen LogP contribution in [-0.4, -0.2) is 43.8 Å². The predicted octanol–water partition coefficient (Wildman–Crippen LogP) is 2.03. The Balaban J connectivity index is 1.72. The first-order chi connectivity index (χ1) is 11.3. The minimum atomic E-state index is -0.153. The molecule has 0 radical (unpaired) electrons. The lowest BCUT2D eigenvalue weighted by atomic mass is 10.2. The molecule has 0 bridgehead atoms. The van der Waals surface area contributed by atoms with Gasteiger partial charge in [0.15, 0.2) is 0 Å². The second-order valence-corrected chi connectivity index (χ2v) is 5.93. The molecular weight excluding hydrogens is 292 g/mol. The van der Waals surface area contributed by atoms with E-state index in [-0.39, 0.29) is 19.1 Å². The molecule has 0 aliphatic heterocycles. The van der Waals surface area contributed by atoms with Crippen molar-refractivity contribution >= 4 is 5.91 Å². The summed E-state index contributed by atoms with van der Waals surface area (Å²) in [4.78, 5) is 18.4. The van der Waals surface area contributed by atoms with Gasteiger partial charge in [0, 0.05) is 31.7 Å². The molecule has 0 spiro atoms. The number of amides is 1. The molecule has 2 aromatic rings. The zero-order valence-corrected chi connectivity index (χ0v) is 13.1. The van der Waals surface area contributed by atoms with E-state index in [0.717, 1.165) is 18.4 Å². The third-order valence-corrected chi connectivity index (χ3v) is 4.28. The molecule has 122 valence electrons. The Kier molecular flexibility index (Phi) is 5.02. The number of aliphatic hydroxyl groups is 1. The first-order valence-corrected chi connectivity index (χ1v) is 8.12.